The normalized spacial score (nSPS) is 34.0. The lowest BCUT2D eigenvalue weighted by Gasteiger charge is -2.44. The van der Waals surface area contributed by atoms with E-state index >= 15 is 0 Å². The third-order valence-corrected chi connectivity index (χ3v) is 5.10. The van der Waals surface area contributed by atoms with Crippen LogP contribution in [0.15, 0.2) is 12.2 Å². The van der Waals surface area contributed by atoms with Crippen molar-refractivity contribution in [2.24, 2.45) is 29.1 Å². The highest BCUT2D eigenvalue weighted by atomic mass is 16.5. The lowest BCUT2D eigenvalue weighted by atomic mass is 9.58. The number of hydrogen-bond acceptors (Lipinski definition) is 5. The van der Waals surface area contributed by atoms with E-state index in [-0.39, 0.29) is 36.4 Å². The van der Waals surface area contributed by atoms with Gasteiger partial charge in [-0.25, -0.2) is 0 Å². The van der Waals surface area contributed by atoms with Crippen molar-refractivity contribution in [1.82, 2.24) is 0 Å². The quantitative estimate of drug-likeness (QED) is 0.441. The van der Waals surface area contributed by atoms with Gasteiger partial charge in [-0.3, -0.25) is 14.4 Å². The number of hydrogen-bond donors (Lipinski definition) is 0. The molecule has 5 heteroatoms. The van der Waals surface area contributed by atoms with Crippen LogP contribution in [0.2, 0.25) is 0 Å². The first kappa shape index (κ1) is 15.7. The number of carbonyl (C=O) groups is 3. The van der Waals surface area contributed by atoms with Gasteiger partial charge in [0.05, 0.1) is 14.2 Å². The van der Waals surface area contributed by atoms with E-state index in [2.05, 4.69) is 13.0 Å². The van der Waals surface area contributed by atoms with Crippen molar-refractivity contribution in [3.8, 4) is 0 Å². The molecule has 5 nitrogen and oxygen atoms in total. The van der Waals surface area contributed by atoms with Gasteiger partial charge in [-0.05, 0) is 24.2 Å². The second-order valence-electron chi connectivity index (χ2n) is 6.21. The molecule has 0 N–H and O–H groups in total. The van der Waals surface area contributed by atoms with Crippen LogP contribution in [-0.4, -0.2) is 31.9 Å². The number of ketones is 1. The molecule has 2 aliphatic carbocycles. The molecule has 0 aromatic carbocycles. The first-order valence-corrected chi connectivity index (χ1v) is 7.25. The van der Waals surface area contributed by atoms with E-state index in [9.17, 15) is 14.4 Å². The van der Waals surface area contributed by atoms with Crippen LogP contribution in [0.25, 0.3) is 0 Å². The molecule has 4 atom stereocenters. The van der Waals surface area contributed by atoms with Crippen molar-refractivity contribution in [1.29, 1.82) is 0 Å². The summed E-state index contributed by atoms with van der Waals surface area (Å²) in [7, 11) is 2.45. The van der Waals surface area contributed by atoms with Crippen LogP contribution in [-0.2, 0) is 23.9 Å². The summed E-state index contributed by atoms with van der Waals surface area (Å²) in [6.07, 6.45) is 4.17. The average Bonchev–Trinajstić information content (AvgIpc) is 2.48. The fraction of sp³-hybridized carbons (Fsp3) is 0.688. The highest BCUT2D eigenvalue weighted by Gasteiger charge is 2.57. The van der Waals surface area contributed by atoms with Gasteiger partial charge in [0.25, 0.3) is 0 Å². The van der Waals surface area contributed by atoms with Crippen molar-refractivity contribution in [3.05, 3.63) is 12.2 Å². The number of fused-ring (bicyclic) bond motifs is 1. The van der Waals surface area contributed by atoms with Crippen LogP contribution in [0, 0.1) is 29.1 Å². The van der Waals surface area contributed by atoms with E-state index in [0.717, 1.165) is 0 Å². The van der Waals surface area contributed by atoms with Gasteiger partial charge >= 0.3 is 11.9 Å². The second kappa shape index (κ2) is 5.62. The zero-order valence-electron chi connectivity index (χ0n) is 12.9. The monoisotopic (exact) mass is 294 g/mol. The number of esters is 2. The maximum atomic E-state index is 12.6. The van der Waals surface area contributed by atoms with E-state index in [1.165, 1.54) is 14.2 Å². The molecule has 0 aliphatic heterocycles. The predicted molar refractivity (Wildman–Crippen MR) is 75.2 cm³/mol. The van der Waals surface area contributed by atoms with Crippen molar-refractivity contribution >= 4 is 17.7 Å². The van der Waals surface area contributed by atoms with E-state index in [1.54, 1.807) is 0 Å². The van der Waals surface area contributed by atoms with Crippen LogP contribution in [0.4, 0.5) is 0 Å². The third-order valence-electron chi connectivity index (χ3n) is 5.10. The number of ether oxygens (including phenoxy) is 2. The molecule has 2 rings (SSSR count). The van der Waals surface area contributed by atoms with Gasteiger partial charge in [0.15, 0.2) is 5.41 Å². The summed E-state index contributed by atoms with van der Waals surface area (Å²) in [4.78, 5) is 36.9. The van der Waals surface area contributed by atoms with E-state index in [1.807, 2.05) is 13.0 Å². The Hall–Kier alpha value is -1.65. The van der Waals surface area contributed by atoms with Crippen molar-refractivity contribution < 1.29 is 23.9 Å². The number of rotatable bonds is 2. The number of methoxy groups -OCH3 is 2. The van der Waals surface area contributed by atoms with Gasteiger partial charge in [0.1, 0.15) is 5.78 Å². The SMILES string of the molecule is COC(=O)C1(C(=O)OC)CC(=O)[C@@H]2[C@@H](C)[C@H](C)C=C[C@H]2C1. The van der Waals surface area contributed by atoms with Crippen LogP contribution < -0.4 is 0 Å². The minimum Gasteiger partial charge on any atom is -0.468 e. The maximum absolute atomic E-state index is 12.6. The van der Waals surface area contributed by atoms with Crippen molar-refractivity contribution in [2.45, 2.75) is 26.7 Å². The van der Waals surface area contributed by atoms with Gasteiger partial charge < -0.3 is 9.47 Å². The van der Waals surface area contributed by atoms with Crippen LogP contribution in [0.1, 0.15) is 26.7 Å². The molecule has 1 fully saturated rings. The molecular formula is C16H22O5. The van der Waals surface area contributed by atoms with Crippen molar-refractivity contribution in [2.75, 3.05) is 14.2 Å². The molecule has 0 radical (unpaired) electrons. The second-order valence-corrected chi connectivity index (χ2v) is 6.21. The van der Waals surface area contributed by atoms with E-state index < -0.39 is 17.4 Å². The fourth-order valence-corrected chi connectivity index (χ4v) is 3.73. The van der Waals surface area contributed by atoms with E-state index in [0.29, 0.717) is 5.92 Å². The Morgan fingerprint density at radius 3 is 2.24 bits per heavy atom. The Morgan fingerprint density at radius 2 is 1.71 bits per heavy atom. The molecule has 0 saturated heterocycles. The molecule has 2 aliphatic rings. The maximum Gasteiger partial charge on any atom is 0.323 e. The summed E-state index contributed by atoms with van der Waals surface area (Å²) in [6, 6.07) is 0. The molecule has 116 valence electrons. The first-order valence-electron chi connectivity index (χ1n) is 7.25. The molecule has 0 bridgehead atoms. The molecular weight excluding hydrogens is 272 g/mol. The average molecular weight is 294 g/mol. The topological polar surface area (TPSA) is 69.7 Å². The largest absolute Gasteiger partial charge is 0.468 e. The summed E-state index contributed by atoms with van der Waals surface area (Å²) in [5, 5.41) is 0. The fourth-order valence-electron chi connectivity index (χ4n) is 3.73. The van der Waals surface area contributed by atoms with Gasteiger partial charge in [0.2, 0.25) is 0 Å². The summed E-state index contributed by atoms with van der Waals surface area (Å²) in [6.45, 7) is 4.13. The molecule has 0 heterocycles. The molecule has 0 unspecified atom stereocenters. The number of carbonyl (C=O) groups excluding carboxylic acids is 3. The minimum atomic E-state index is -1.49. The Morgan fingerprint density at radius 1 is 1.14 bits per heavy atom. The van der Waals surface area contributed by atoms with Crippen molar-refractivity contribution in [3.63, 3.8) is 0 Å². The zero-order chi connectivity index (χ0) is 15.8. The highest BCUT2D eigenvalue weighted by Crippen LogP contribution is 2.48. The molecule has 0 spiro atoms. The Balaban J connectivity index is 2.41. The van der Waals surface area contributed by atoms with E-state index in [4.69, 9.17) is 9.47 Å². The Kier molecular flexibility index (Phi) is 4.21. The number of allylic oxidation sites excluding steroid dienone is 2. The van der Waals surface area contributed by atoms with Crippen LogP contribution in [0.3, 0.4) is 0 Å². The smallest absolute Gasteiger partial charge is 0.323 e. The van der Waals surface area contributed by atoms with Crippen LogP contribution in [0.5, 0.6) is 0 Å². The highest BCUT2D eigenvalue weighted by molar-refractivity contribution is 6.05. The van der Waals surface area contributed by atoms with Gasteiger partial charge in [0, 0.05) is 12.3 Å². The predicted octanol–water partition coefficient (Wildman–Crippen LogP) is 1.76. The lowest BCUT2D eigenvalue weighted by Crippen LogP contribution is -2.52. The zero-order valence-corrected chi connectivity index (χ0v) is 12.9. The van der Waals surface area contributed by atoms with Gasteiger partial charge in [-0.1, -0.05) is 26.0 Å². The molecule has 0 aromatic rings. The molecule has 0 amide bonds. The summed E-state index contributed by atoms with van der Waals surface area (Å²) >= 11 is 0. The minimum absolute atomic E-state index is 0.0502. The standard InChI is InChI=1S/C16H22O5/c1-9-5-6-11-7-16(14(18)20-3,15(19)21-4)8-12(17)13(11)10(9)2/h5-6,9-11,13H,7-8H2,1-4H3/t9-,10+,11+,13-/m1/s1. The summed E-state index contributed by atoms with van der Waals surface area (Å²) < 4.78 is 9.55. The number of Topliss-reactive ketones (excluding diaryl/α,β-unsaturated/α-hetero) is 1. The van der Waals surface area contributed by atoms with Gasteiger partial charge in [-0.15, -0.1) is 0 Å². The Labute approximate surface area is 124 Å². The summed E-state index contributed by atoms with van der Waals surface area (Å²) in [5.74, 6) is -1.13. The third kappa shape index (κ3) is 2.39. The molecule has 1 saturated carbocycles. The molecule has 0 aromatic heterocycles. The van der Waals surface area contributed by atoms with Crippen LogP contribution >= 0.6 is 0 Å². The Bertz CT molecular complexity index is 477. The van der Waals surface area contributed by atoms with Gasteiger partial charge in [-0.2, -0.15) is 0 Å². The summed E-state index contributed by atoms with van der Waals surface area (Å²) in [5.41, 5.74) is -1.49. The first-order chi connectivity index (χ1) is 9.87. The molecule has 21 heavy (non-hydrogen) atoms. The lowest BCUT2D eigenvalue weighted by molar-refractivity contribution is -0.176.